The van der Waals surface area contributed by atoms with Gasteiger partial charge in [0.05, 0.1) is 11.7 Å². The summed E-state index contributed by atoms with van der Waals surface area (Å²) in [6.45, 7) is 1.81. The lowest BCUT2D eigenvalue weighted by atomic mass is 10.1. The Balaban J connectivity index is 1.35. The Kier molecular flexibility index (Phi) is 6.02. The van der Waals surface area contributed by atoms with Crippen LogP contribution in [0.3, 0.4) is 0 Å². The summed E-state index contributed by atoms with van der Waals surface area (Å²) >= 11 is 0. The van der Waals surface area contributed by atoms with Crippen molar-refractivity contribution in [3.05, 3.63) is 83.4 Å². The molecule has 166 valence electrons. The van der Waals surface area contributed by atoms with Crippen LogP contribution in [0.5, 0.6) is 0 Å². The summed E-state index contributed by atoms with van der Waals surface area (Å²) in [6.07, 6.45) is -0.437. The van der Waals surface area contributed by atoms with E-state index >= 15 is 0 Å². The number of carbonyl (C=O) groups is 2. The first-order chi connectivity index (χ1) is 15.3. The molecule has 0 aliphatic carbocycles. The number of hydrogen-bond acceptors (Lipinski definition) is 5. The van der Waals surface area contributed by atoms with Gasteiger partial charge in [-0.25, -0.2) is 9.07 Å². The van der Waals surface area contributed by atoms with E-state index in [0.717, 1.165) is 11.3 Å². The van der Waals surface area contributed by atoms with Gasteiger partial charge in [0, 0.05) is 31.0 Å². The molecule has 0 bridgehead atoms. The maximum atomic E-state index is 13.9. The van der Waals surface area contributed by atoms with Gasteiger partial charge in [-0.2, -0.15) is 5.10 Å². The Bertz CT molecular complexity index is 1120. The Morgan fingerprint density at radius 3 is 2.47 bits per heavy atom. The van der Waals surface area contributed by atoms with Gasteiger partial charge in [-0.15, -0.1) is 0 Å². The standard InChI is InChI=1S/C23H23FN4O4/c1-14(15-6-8-17(9-7-15)28-11-3-10-25-28)26-22(31)20(29)21(30)23(32)27-12-16-4-2-5-19(24)18(16)13-27/h2-11,14,20-21,29-30H,12-13H2,1H3,(H,26,31)/t14-,20-,21-/m1/s1. The minimum Gasteiger partial charge on any atom is -0.380 e. The summed E-state index contributed by atoms with van der Waals surface area (Å²) < 4.78 is 15.6. The molecule has 0 saturated heterocycles. The lowest BCUT2D eigenvalue weighted by Crippen LogP contribution is -2.50. The summed E-state index contributed by atoms with van der Waals surface area (Å²) in [5.41, 5.74) is 2.63. The van der Waals surface area contributed by atoms with Crippen molar-refractivity contribution in [3.63, 3.8) is 0 Å². The van der Waals surface area contributed by atoms with Crippen LogP contribution >= 0.6 is 0 Å². The zero-order valence-electron chi connectivity index (χ0n) is 17.4. The third-order valence-corrected chi connectivity index (χ3v) is 5.58. The second kappa shape index (κ2) is 8.89. The Hall–Kier alpha value is -3.56. The molecule has 1 aromatic heterocycles. The highest BCUT2D eigenvalue weighted by Crippen LogP contribution is 2.26. The third-order valence-electron chi connectivity index (χ3n) is 5.58. The molecule has 8 nitrogen and oxygen atoms in total. The van der Waals surface area contributed by atoms with Crippen LogP contribution in [0.25, 0.3) is 5.69 Å². The number of benzene rings is 2. The fourth-order valence-corrected chi connectivity index (χ4v) is 3.72. The molecule has 0 spiro atoms. The number of amides is 2. The van der Waals surface area contributed by atoms with E-state index < -0.39 is 35.9 Å². The number of hydrogen-bond donors (Lipinski definition) is 3. The van der Waals surface area contributed by atoms with Gasteiger partial charge < -0.3 is 20.4 Å². The number of carbonyl (C=O) groups excluding carboxylic acids is 2. The van der Waals surface area contributed by atoms with Crippen molar-refractivity contribution >= 4 is 11.8 Å². The molecule has 0 saturated carbocycles. The molecule has 32 heavy (non-hydrogen) atoms. The first kappa shape index (κ1) is 21.7. The van der Waals surface area contributed by atoms with E-state index in [4.69, 9.17) is 0 Å². The molecule has 3 atom stereocenters. The second-order valence-corrected chi connectivity index (χ2v) is 7.73. The average Bonchev–Trinajstić information content (AvgIpc) is 3.48. The number of rotatable bonds is 6. The van der Waals surface area contributed by atoms with Crippen molar-refractivity contribution in [3.8, 4) is 5.69 Å². The van der Waals surface area contributed by atoms with Gasteiger partial charge in [-0.05, 0) is 42.3 Å². The number of halogens is 1. The van der Waals surface area contributed by atoms with Crippen LogP contribution < -0.4 is 5.32 Å². The zero-order valence-corrected chi connectivity index (χ0v) is 17.4. The first-order valence-corrected chi connectivity index (χ1v) is 10.2. The molecule has 0 unspecified atom stereocenters. The molecule has 3 aromatic rings. The van der Waals surface area contributed by atoms with Crippen molar-refractivity contribution < 1.29 is 24.2 Å². The van der Waals surface area contributed by atoms with E-state index in [9.17, 15) is 24.2 Å². The summed E-state index contributed by atoms with van der Waals surface area (Å²) in [7, 11) is 0. The predicted octanol–water partition coefficient (Wildman–Crippen LogP) is 1.45. The summed E-state index contributed by atoms with van der Waals surface area (Å²) in [5.74, 6) is -2.14. The second-order valence-electron chi connectivity index (χ2n) is 7.73. The van der Waals surface area contributed by atoms with Crippen molar-refractivity contribution in [1.29, 1.82) is 0 Å². The van der Waals surface area contributed by atoms with Crippen molar-refractivity contribution in [2.24, 2.45) is 0 Å². The summed E-state index contributed by atoms with van der Waals surface area (Å²) in [5, 5.41) is 27.3. The number of fused-ring (bicyclic) bond motifs is 1. The van der Waals surface area contributed by atoms with Crippen LogP contribution in [0.2, 0.25) is 0 Å². The number of aliphatic hydroxyl groups is 2. The zero-order chi connectivity index (χ0) is 22.8. The number of nitrogens with zero attached hydrogens (tertiary/aromatic N) is 3. The highest BCUT2D eigenvalue weighted by Gasteiger charge is 2.36. The van der Waals surface area contributed by atoms with E-state index in [-0.39, 0.29) is 13.1 Å². The van der Waals surface area contributed by atoms with Crippen molar-refractivity contribution in [2.45, 2.75) is 38.3 Å². The quantitative estimate of drug-likeness (QED) is 0.540. The van der Waals surface area contributed by atoms with Crippen molar-refractivity contribution in [1.82, 2.24) is 20.0 Å². The van der Waals surface area contributed by atoms with Gasteiger partial charge in [0.1, 0.15) is 5.82 Å². The maximum absolute atomic E-state index is 13.9. The van der Waals surface area contributed by atoms with E-state index in [1.54, 1.807) is 29.9 Å². The number of nitrogens with one attached hydrogen (secondary N) is 1. The largest absolute Gasteiger partial charge is 0.380 e. The Morgan fingerprint density at radius 2 is 1.81 bits per heavy atom. The van der Waals surface area contributed by atoms with E-state index in [1.807, 2.05) is 36.5 Å². The minimum atomic E-state index is -1.96. The first-order valence-electron chi connectivity index (χ1n) is 10.2. The van der Waals surface area contributed by atoms with Gasteiger partial charge in [0.2, 0.25) is 0 Å². The molecule has 0 radical (unpaired) electrons. The molecule has 4 rings (SSSR count). The summed E-state index contributed by atoms with van der Waals surface area (Å²) in [6, 6.07) is 13.2. The van der Waals surface area contributed by atoms with Crippen molar-refractivity contribution in [2.75, 3.05) is 0 Å². The molecular formula is C23H23FN4O4. The average molecular weight is 438 g/mol. The smallest absolute Gasteiger partial charge is 0.255 e. The van der Waals surface area contributed by atoms with E-state index in [1.165, 1.54) is 11.0 Å². The van der Waals surface area contributed by atoms with Crippen LogP contribution in [0.1, 0.15) is 29.7 Å². The van der Waals surface area contributed by atoms with Crippen LogP contribution in [0.15, 0.2) is 60.9 Å². The van der Waals surface area contributed by atoms with Gasteiger partial charge >= 0.3 is 0 Å². The topological polar surface area (TPSA) is 108 Å². The fourth-order valence-electron chi connectivity index (χ4n) is 3.72. The molecule has 9 heteroatoms. The molecule has 1 aliphatic rings. The third kappa shape index (κ3) is 4.25. The maximum Gasteiger partial charge on any atom is 0.255 e. The lowest BCUT2D eigenvalue weighted by molar-refractivity contribution is -0.153. The molecule has 2 aromatic carbocycles. The van der Waals surface area contributed by atoms with E-state index in [0.29, 0.717) is 11.1 Å². The van der Waals surface area contributed by atoms with Gasteiger partial charge in [0.25, 0.3) is 11.8 Å². The molecule has 2 heterocycles. The van der Waals surface area contributed by atoms with Gasteiger partial charge in [-0.3, -0.25) is 9.59 Å². The molecule has 0 fully saturated rings. The van der Waals surface area contributed by atoms with Crippen LogP contribution in [0.4, 0.5) is 4.39 Å². The highest BCUT2D eigenvalue weighted by molar-refractivity contribution is 5.91. The number of aromatic nitrogens is 2. The van der Waals surface area contributed by atoms with Crippen LogP contribution in [-0.4, -0.2) is 48.9 Å². The lowest BCUT2D eigenvalue weighted by Gasteiger charge is -2.24. The number of aliphatic hydroxyl groups excluding tert-OH is 2. The van der Waals surface area contributed by atoms with Crippen LogP contribution in [-0.2, 0) is 22.7 Å². The molecule has 2 amide bonds. The van der Waals surface area contributed by atoms with Gasteiger partial charge in [-0.1, -0.05) is 24.3 Å². The van der Waals surface area contributed by atoms with Gasteiger partial charge in [0.15, 0.2) is 12.2 Å². The highest BCUT2D eigenvalue weighted by atomic mass is 19.1. The normalized spacial score (nSPS) is 15.7. The molecule has 1 aliphatic heterocycles. The predicted molar refractivity (Wildman–Crippen MR) is 113 cm³/mol. The minimum absolute atomic E-state index is 0.0226. The van der Waals surface area contributed by atoms with Crippen LogP contribution in [0, 0.1) is 5.82 Å². The monoisotopic (exact) mass is 438 g/mol. The molecular weight excluding hydrogens is 415 g/mol. The fraction of sp³-hybridized carbons (Fsp3) is 0.261. The SMILES string of the molecule is C[C@@H](NC(=O)[C@H](O)[C@@H](O)C(=O)N1Cc2cccc(F)c2C1)c1ccc(-n2cccn2)cc1. The Labute approximate surface area is 183 Å². The van der Waals surface area contributed by atoms with E-state index in [2.05, 4.69) is 10.4 Å². The Morgan fingerprint density at radius 1 is 1.06 bits per heavy atom. The summed E-state index contributed by atoms with van der Waals surface area (Å²) in [4.78, 5) is 26.2. The molecule has 3 N–H and O–H groups in total.